The highest BCUT2D eigenvalue weighted by Gasteiger charge is 2.30. The molecule has 0 bridgehead atoms. The lowest BCUT2D eigenvalue weighted by molar-refractivity contribution is -0.122. The van der Waals surface area contributed by atoms with Crippen molar-refractivity contribution in [2.75, 3.05) is 34.4 Å². The van der Waals surface area contributed by atoms with Crippen LogP contribution in [0.15, 0.2) is 42.5 Å². The monoisotopic (exact) mass is 384 g/mol. The molecule has 150 valence electrons. The molecule has 28 heavy (non-hydrogen) atoms. The van der Waals surface area contributed by atoms with Gasteiger partial charge in [0.1, 0.15) is 17.2 Å². The first-order chi connectivity index (χ1) is 13.6. The number of rotatable bonds is 8. The first-order valence-corrected chi connectivity index (χ1v) is 9.50. The lowest BCUT2D eigenvalue weighted by Crippen LogP contribution is -2.36. The molecule has 1 unspecified atom stereocenters. The van der Waals surface area contributed by atoms with Gasteiger partial charge in [-0.25, -0.2) is 0 Å². The molecule has 0 saturated carbocycles. The van der Waals surface area contributed by atoms with Crippen LogP contribution in [0.25, 0.3) is 0 Å². The van der Waals surface area contributed by atoms with Crippen molar-refractivity contribution >= 4 is 5.91 Å². The third-order valence-electron chi connectivity index (χ3n) is 5.15. The number of amides is 1. The van der Waals surface area contributed by atoms with E-state index in [1.165, 1.54) is 0 Å². The van der Waals surface area contributed by atoms with Crippen molar-refractivity contribution in [1.82, 2.24) is 10.2 Å². The van der Waals surface area contributed by atoms with Gasteiger partial charge < -0.3 is 19.5 Å². The number of hydrogen-bond donors (Lipinski definition) is 1. The number of hydrogen-bond acceptors (Lipinski definition) is 5. The van der Waals surface area contributed by atoms with E-state index in [9.17, 15) is 4.79 Å². The quantitative estimate of drug-likeness (QED) is 0.758. The van der Waals surface area contributed by atoms with Gasteiger partial charge in [0.05, 0.1) is 27.9 Å². The maximum Gasteiger partial charge on any atom is 0.234 e. The van der Waals surface area contributed by atoms with E-state index in [4.69, 9.17) is 14.2 Å². The number of nitrogens with one attached hydrogen (secondary N) is 1. The number of nitrogens with zero attached hydrogens (tertiary/aromatic N) is 1. The van der Waals surface area contributed by atoms with Gasteiger partial charge in [-0.05, 0) is 55.3 Å². The van der Waals surface area contributed by atoms with Crippen molar-refractivity contribution < 1.29 is 19.0 Å². The van der Waals surface area contributed by atoms with E-state index in [-0.39, 0.29) is 11.9 Å². The summed E-state index contributed by atoms with van der Waals surface area (Å²) in [6.45, 7) is 1.76. The Kier molecular flexibility index (Phi) is 6.76. The van der Waals surface area contributed by atoms with Crippen LogP contribution in [0, 0.1) is 0 Å². The number of carbonyl (C=O) groups is 1. The fourth-order valence-corrected chi connectivity index (χ4v) is 3.65. The molecular weight excluding hydrogens is 356 g/mol. The molecule has 0 radical (unpaired) electrons. The van der Waals surface area contributed by atoms with Gasteiger partial charge in [-0.15, -0.1) is 0 Å². The lowest BCUT2D eigenvalue weighted by Gasteiger charge is -2.26. The number of likely N-dealkylation sites (tertiary alicyclic amines) is 1. The Morgan fingerprint density at radius 3 is 2.43 bits per heavy atom. The summed E-state index contributed by atoms with van der Waals surface area (Å²) >= 11 is 0. The Balaban J connectivity index is 1.62. The molecule has 0 aliphatic carbocycles. The second kappa shape index (κ2) is 9.46. The molecule has 1 atom stereocenters. The maximum atomic E-state index is 12.5. The van der Waals surface area contributed by atoms with Crippen LogP contribution in [0.1, 0.15) is 30.0 Å². The predicted molar refractivity (Wildman–Crippen MR) is 108 cm³/mol. The smallest absolute Gasteiger partial charge is 0.234 e. The molecule has 2 aromatic rings. The van der Waals surface area contributed by atoms with Crippen molar-refractivity contribution in [3.8, 4) is 17.2 Å². The molecule has 1 saturated heterocycles. The molecule has 1 fully saturated rings. The van der Waals surface area contributed by atoms with E-state index >= 15 is 0 Å². The van der Waals surface area contributed by atoms with Gasteiger partial charge in [-0.1, -0.05) is 12.1 Å². The van der Waals surface area contributed by atoms with Gasteiger partial charge >= 0.3 is 0 Å². The van der Waals surface area contributed by atoms with Crippen LogP contribution >= 0.6 is 0 Å². The number of carbonyl (C=O) groups excluding carboxylic acids is 1. The summed E-state index contributed by atoms with van der Waals surface area (Å²) in [5.74, 6) is 2.45. The average molecular weight is 384 g/mol. The topological polar surface area (TPSA) is 60.0 Å². The molecule has 0 spiro atoms. The van der Waals surface area contributed by atoms with E-state index in [1.807, 2.05) is 42.5 Å². The number of ether oxygens (including phenoxy) is 3. The van der Waals surface area contributed by atoms with E-state index in [0.29, 0.717) is 13.1 Å². The van der Waals surface area contributed by atoms with Crippen LogP contribution in [0.2, 0.25) is 0 Å². The molecule has 1 amide bonds. The highest BCUT2D eigenvalue weighted by molar-refractivity contribution is 5.78. The maximum absolute atomic E-state index is 12.5. The third-order valence-corrected chi connectivity index (χ3v) is 5.15. The van der Waals surface area contributed by atoms with Gasteiger partial charge in [-0.3, -0.25) is 9.69 Å². The van der Waals surface area contributed by atoms with Crippen LogP contribution in [-0.2, 0) is 11.3 Å². The minimum absolute atomic E-state index is 0.0181. The Morgan fingerprint density at radius 2 is 1.75 bits per heavy atom. The largest absolute Gasteiger partial charge is 0.497 e. The molecule has 6 heteroatoms. The summed E-state index contributed by atoms with van der Waals surface area (Å²) in [4.78, 5) is 14.7. The molecule has 1 aliphatic rings. The van der Waals surface area contributed by atoms with Crippen LogP contribution in [0.4, 0.5) is 0 Å². The minimum atomic E-state index is 0.0181. The van der Waals surface area contributed by atoms with Crippen molar-refractivity contribution in [2.45, 2.75) is 25.4 Å². The molecule has 1 N–H and O–H groups in total. The predicted octanol–water partition coefficient (Wildman–Crippen LogP) is 3.17. The zero-order valence-corrected chi connectivity index (χ0v) is 16.7. The summed E-state index contributed by atoms with van der Waals surface area (Å²) in [6.07, 6.45) is 2.05. The van der Waals surface area contributed by atoms with Gasteiger partial charge in [-0.2, -0.15) is 0 Å². The van der Waals surface area contributed by atoms with Crippen LogP contribution in [-0.4, -0.2) is 45.2 Å². The standard InChI is InChI=1S/C22H28N2O4/c1-26-17-8-6-16(7-9-17)14-23-22(25)15-24-12-4-5-20(24)19-13-18(27-2)10-11-21(19)28-3/h6-11,13,20H,4-5,12,14-15H2,1-3H3,(H,23,25). The number of methoxy groups -OCH3 is 3. The van der Waals surface area contributed by atoms with Crippen molar-refractivity contribution in [3.63, 3.8) is 0 Å². The van der Waals surface area contributed by atoms with E-state index < -0.39 is 0 Å². The Morgan fingerprint density at radius 1 is 1.04 bits per heavy atom. The van der Waals surface area contributed by atoms with Gasteiger partial charge in [0.15, 0.2) is 0 Å². The van der Waals surface area contributed by atoms with Crippen molar-refractivity contribution in [2.24, 2.45) is 0 Å². The van der Waals surface area contributed by atoms with Gasteiger partial charge in [0.2, 0.25) is 5.91 Å². The molecule has 1 heterocycles. The third kappa shape index (κ3) is 4.75. The fourth-order valence-electron chi connectivity index (χ4n) is 3.65. The van der Waals surface area contributed by atoms with Crippen LogP contribution in [0.3, 0.4) is 0 Å². The summed E-state index contributed by atoms with van der Waals surface area (Å²) in [5.41, 5.74) is 2.11. The second-order valence-corrected chi connectivity index (χ2v) is 6.86. The fraction of sp³-hybridized carbons (Fsp3) is 0.409. The molecule has 6 nitrogen and oxygen atoms in total. The lowest BCUT2D eigenvalue weighted by atomic mass is 10.0. The Bertz CT molecular complexity index is 792. The van der Waals surface area contributed by atoms with E-state index in [2.05, 4.69) is 10.2 Å². The minimum Gasteiger partial charge on any atom is -0.497 e. The highest BCUT2D eigenvalue weighted by Crippen LogP contribution is 2.38. The zero-order chi connectivity index (χ0) is 19.9. The van der Waals surface area contributed by atoms with Gasteiger partial charge in [0, 0.05) is 18.2 Å². The SMILES string of the molecule is COc1ccc(CNC(=O)CN2CCCC2c2cc(OC)ccc2OC)cc1. The molecule has 3 rings (SSSR count). The molecule has 2 aromatic carbocycles. The summed E-state index contributed by atoms with van der Waals surface area (Å²) < 4.78 is 16.1. The first kappa shape index (κ1) is 20.0. The second-order valence-electron chi connectivity index (χ2n) is 6.86. The normalized spacial score (nSPS) is 16.6. The summed E-state index contributed by atoms with van der Waals surface area (Å²) in [7, 11) is 4.97. The molecular formula is C22H28N2O4. The van der Waals surface area contributed by atoms with Crippen LogP contribution < -0.4 is 19.5 Å². The van der Waals surface area contributed by atoms with Gasteiger partial charge in [0.25, 0.3) is 0 Å². The molecule has 1 aliphatic heterocycles. The number of benzene rings is 2. The van der Waals surface area contributed by atoms with E-state index in [0.717, 1.165) is 47.8 Å². The zero-order valence-electron chi connectivity index (χ0n) is 16.7. The summed E-state index contributed by atoms with van der Waals surface area (Å²) in [6, 6.07) is 13.7. The highest BCUT2D eigenvalue weighted by atomic mass is 16.5. The van der Waals surface area contributed by atoms with Crippen molar-refractivity contribution in [3.05, 3.63) is 53.6 Å². The average Bonchev–Trinajstić information content (AvgIpc) is 3.19. The summed E-state index contributed by atoms with van der Waals surface area (Å²) in [5, 5.41) is 3.01. The van der Waals surface area contributed by atoms with E-state index in [1.54, 1.807) is 21.3 Å². The molecule has 0 aromatic heterocycles. The Hall–Kier alpha value is -2.73. The first-order valence-electron chi connectivity index (χ1n) is 9.50. The van der Waals surface area contributed by atoms with Crippen molar-refractivity contribution in [1.29, 1.82) is 0 Å². The van der Waals surface area contributed by atoms with Crippen LogP contribution in [0.5, 0.6) is 17.2 Å². The Labute approximate surface area is 166 Å².